The fourth-order valence-electron chi connectivity index (χ4n) is 3.09. The van der Waals surface area contributed by atoms with Crippen molar-refractivity contribution in [3.8, 4) is 5.75 Å². The Morgan fingerprint density at radius 3 is 2.42 bits per heavy atom. The molecule has 24 heavy (non-hydrogen) atoms. The van der Waals surface area contributed by atoms with Crippen LogP contribution < -0.4 is 16.0 Å². The maximum absolute atomic E-state index is 11.9. The van der Waals surface area contributed by atoms with Gasteiger partial charge in [0.2, 0.25) is 0 Å². The fraction of sp³-hybridized carbons (Fsp3) is 0.632. The van der Waals surface area contributed by atoms with E-state index < -0.39 is 0 Å². The second-order valence-electron chi connectivity index (χ2n) is 6.55. The summed E-state index contributed by atoms with van der Waals surface area (Å²) in [7, 11) is 0. The number of carbonyl (C=O) groups excluding carboxylic acids is 1. The summed E-state index contributed by atoms with van der Waals surface area (Å²) in [5.41, 5.74) is 0.583. The Bertz CT molecular complexity index is 470. The first-order chi connectivity index (χ1) is 11.8. The summed E-state index contributed by atoms with van der Waals surface area (Å²) in [6, 6.07) is 7.05. The molecule has 5 heteroatoms. The first-order valence-corrected chi connectivity index (χ1v) is 9.27. The van der Waals surface area contributed by atoms with Crippen molar-refractivity contribution in [3.63, 3.8) is 0 Å². The zero-order valence-corrected chi connectivity index (χ0v) is 14.5. The monoisotopic (exact) mass is 333 g/mol. The Labute approximate surface area is 145 Å². The molecule has 4 N–H and O–H groups in total. The maximum atomic E-state index is 11.9. The van der Waals surface area contributed by atoms with Crippen molar-refractivity contribution in [1.29, 1.82) is 0 Å². The third kappa shape index (κ3) is 7.32. The minimum Gasteiger partial charge on any atom is -0.508 e. The van der Waals surface area contributed by atoms with Crippen molar-refractivity contribution in [2.75, 3.05) is 26.2 Å². The topological polar surface area (TPSA) is 73.4 Å². The van der Waals surface area contributed by atoms with Crippen molar-refractivity contribution in [3.05, 3.63) is 29.8 Å². The number of hydrogen-bond donors (Lipinski definition) is 4. The second-order valence-corrected chi connectivity index (χ2v) is 6.55. The van der Waals surface area contributed by atoms with E-state index in [0.29, 0.717) is 12.1 Å². The molecule has 5 nitrogen and oxygen atoms in total. The molecule has 0 bridgehead atoms. The van der Waals surface area contributed by atoms with Crippen molar-refractivity contribution in [2.45, 2.75) is 51.0 Å². The van der Waals surface area contributed by atoms with Gasteiger partial charge < -0.3 is 21.1 Å². The summed E-state index contributed by atoms with van der Waals surface area (Å²) in [6.45, 7) is 3.72. The lowest BCUT2D eigenvalue weighted by atomic mass is 9.95. The fourth-order valence-corrected chi connectivity index (χ4v) is 3.09. The molecule has 1 aliphatic rings. The molecule has 1 aliphatic carbocycles. The number of unbranched alkanes of at least 4 members (excludes halogenated alkanes) is 1. The van der Waals surface area contributed by atoms with E-state index in [-0.39, 0.29) is 11.7 Å². The number of amides is 1. The third-order valence-electron chi connectivity index (χ3n) is 4.54. The summed E-state index contributed by atoms with van der Waals surface area (Å²) in [6.07, 6.45) is 8.84. The number of benzene rings is 1. The lowest BCUT2D eigenvalue weighted by Gasteiger charge is -2.22. The van der Waals surface area contributed by atoms with Crippen LogP contribution in [0.2, 0.25) is 0 Å². The van der Waals surface area contributed by atoms with E-state index in [1.807, 2.05) is 0 Å². The molecule has 0 spiro atoms. The standard InChI is InChI=1S/C19H31N3O2/c23-18-10-8-16(9-11-18)19(24)22-13-5-4-12-20-14-15-21-17-6-2-1-3-7-17/h8-11,17,20-21,23H,1-7,12-15H2,(H,22,24). The van der Waals surface area contributed by atoms with Crippen LogP contribution in [0.4, 0.5) is 0 Å². The van der Waals surface area contributed by atoms with Gasteiger partial charge in [-0.2, -0.15) is 0 Å². The van der Waals surface area contributed by atoms with Crippen LogP contribution in [0.3, 0.4) is 0 Å². The molecule has 0 unspecified atom stereocenters. The minimum atomic E-state index is -0.0837. The molecule has 1 fully saturated rings. The number of carbonyl (C=O) groups is 1. The van der Waals surface area contributed by atoms with E-state index >= 15 is 0 Å². The highest BCUT2D eigenvalue weighted by atomic mass is 16.3. The Morgan fingerprint density at radius 1 is 0.958 bits per heavy atom. The molecule has 1 aromatic carbocycles. The van der Waals surface area contributed by atoms with E-state index in [4.69, 9.17) is 0 Å². The molecule has 0 radical (unpaired) electrons. The molecule has 0 saturated heterocycles. The highest BCUT2D eigenvalue weighted by molar-refractivity contribution is 5.94. The molecule has 0 heterocycles. The Balaban J connectivity index is 1.41. The van der Waals surface area contributed by atoms with Crippen LogP contribution >= 0.6 is 0 Å². The van der Waals surface area contributed by atoms with Gasteiger partial charge in [-0.25, -0.2) is 0 Å². The zero-order valence-electron chi connectivity index (χ0n) is 14.5. The van der Waals surface area contributed by atoms with Crippen LogP contribution in [0, 0.1) is 0 Å². The van der Waals surface area contributed by atoms with Crippen molar-refractivity contribution in [1.82, 2.24) is 16.0 Å². The summed E-state index contributed by atoms with van der Waals surface area (Å²) >= 11 is 0. The highest BCUT2D eigenvalue weighted by Gasteiger charge is 2.11. The summed E-state index contributed by atoms with van der Waals surface area (Å²) in [5.74, 6) is 0.0928. The molecule has 0 aromatic heterocycles. The molecule has 0 aliphatic heterocycles. The van der Waals surface area contributed by atoms with E-state index in [1.165, 1.54) is 44.2 Å². The van der Waals surface area contributed by atoms with Gasteiger partial charge in [0.05, 0.1) is 0 Å². The van der Waals surface area contributed by atoms with Crippen LogP contribution in [0.1, 0.15) is 55.3 Å². The van der Waals surface area contributed by atoms with E-state index in [9.17, 15) is 9.90 Å². The Hall–Kier alpha value is -1.59. The molecule has 1 saturated carbocycles. The average molecular weight is 333 g/mol. The van der Waals surface area contributed by atoms with Gasteiger partial charge in [-0.1, -0.05) is 19.3 Å². The van der Waals surface area contributed by atoms with Gasteiger partial charge in [-0.05, 0) is 56.5 Å². The van der Waals surface area contributed by atoms with Crippen LogP contribution in [-0.2, 0) is 0 Å². The van der Waals surface area contributed by atoms with E-state index in [0.717, 1.165) is 38.5 Å². The average Bonchev–Trinajstić information content (AvgIpc) is 2.61. The van der Waals surface area contributed by atoms with Gasteiger partial charge >= 0.3 is 0 Å². The van der Waals surface area contributed by atoms with Crippen LogP contribution in [0.5, 0.6) is 5.75 Å². The molecule has 2 rings (SSSR count). The smallest absolute Gasteiger partial charge is 0.251 e. The number of rotatable bonds is 10. The minimum absolute atomic E-state index is 0.0837. The normalized spacial score (nSPS) is 15.3. The second kappa shape index (κ2) is 11.0. The summed E-state index contributed by atoms with van der Waals surface area (Å²) < 4.78 is 0. The summed E-state index contributed by atoms with van der Waals surface area (Å²) in [5, 5.41) is 19.2. The number of phenols is 1. The Morgan fingerprint density at radius 2 is 1.67 bits per heavy atom. The van der Waals surface area contributed by atoms with Gasteiger partial charge in [0.1, 0.15) is 5.75 Å². The predicted octanol–water partition coefficient (Wildman–Crippen LogP) is 2.41. The summed E-state index contributed by atoms with van der Waals surface area (Å²) in [4.78, 5) is 11.9. The number of hydrogen-bond acceptors (Lipinski definition) is 4. The first-order valence-electron chi connectivity index (χ1n) is 9.27. The molecular weight excluding hydrogens is 302 g/mol. The maximum Gasteiger partial charge on any atom is 0.251 e. The highest BCUT2D eigenvalue weighted by Crippen LogP contribution is 2.16. The number of nitrogens with one attached hydrogen (secondary N) is 3. The molecule has 0 atom stereocenters. The molecular formula is C19H31N3O2. The first kappa shape index (κ1) is 18.7. The molecule has 1 amide bonds. The van der Waals surface area contributed by atoms with Gasteiger partial charge in [-0.3, -0.25) is 4.79 Å². The van der Waals surface area contributed by atoms with Gasteiger partial charge in [0, 0.05) is 31.2 Å². The number of aromatic hydroxyl groups is 1. The van der Waals surface area contributed by atoms with Crippen LogP contribution in [0.25, 0.3) is 0 Å². The van der Waals surface area contributed by atoms with Crippen LogP contribution in [-0.4, -0.2) is 43.2 Å². The molecule has 1 aromatic rings. The van der Waals surface area contributed by atoms with E-state index in [1.54, 1.807) is 12.1 Å². The zero-order chi connectivity index (χ0) is 17.0. The van der Waals surface area contributed by atoms with Gasteiger partial charge in [0.15, 0.2) is 0 Å². The number of phenolic OH excluding ortho intramolecular Hbond substituents is 1. The lowest BCUT2D eigenvalue weighted by Crippen LogP contribution is -2.36. The van der Waals surface area contributed by atoms with Crippen molar-refractivity contribution >= 4 is 5.91 Å². The van der Waals surface area contributed by atoms with Crippen molar-refractivity contribution in [2.24, 2.45) is 0 Å². The van der Waals surface area contributed by atoms with E-state index in [2.05, 4.69) is 16.0 Å². The third-order valence-corrected chi connectivity index (χ3v) is 4.54. The SMILES string of the molecule is O=C(NCCCCNCCNC1CCCCC1)c1ccc(O)cc1. The van der Waals surface area contributed by atoms with Gasteiger partial charge in [0.25, 0.3) is 5.91 Å². The Kier molecular flexibility index (Phi) is 8.63. The predicted molar refractivity (Wildman–Crippen MR) is 97.4 cm³/mol. The van der Waals surface area contributed by atoms with Crippen molar-refractivity contribution < 1.29 is 9.90 Å². The molecule has 134 valence electrons. The largest absolute Gasteiger partial charge is 0.508 e. The van der Waals surface area contributed by atoms with Gasteiger partial charge in [-0.15, -0.1) is 0 Å². The quantitative estimate of drug-likeness (QED) is 0.496. The lowest BCUT2D eigenvalue weighted by molar-refractivity contribution is 0.0953. The van der Waals surface area contributed by atoms with Crippen LogP contribution in [0.15, 0.2) is 24.3 Å².